The van der Waals surface area contributed by atoms with Crippen molar-refractivity contribution in [3.63, 3.8) is 0 Å². The quantitative estimate of drug-likeness (QED) is 0.206. The summed E-state index contributed by atoms with van der Waals surface area (Å²) in [4.78, 5) is 23.9. The number of halogens is 1. The van der Waals surface area contributed by atoms with Gasteiger partial charge in [-0.25, -0.2) is 27.2 Å². The minimum Gasteiger partial charge on any atom is -0.444 e. The van der Waals surface area contributed by atoms with E-state index in [0.717, 1.165) is 63.5 Å². The number of anilines is 1. The number of piperidine rings is 1. The molecule has 1 aliphatic heterocycles. The van der Waals surface area contributed by atoms with Crippen molar-refractivity contribution >= 4 is 44.6 Å². The summed E-state index contributed by atoms with van der Waals surface area (Å²) in [6, 6.07) is 16.4. The normalized spacial score (nSPS) is 20.7. The lowest BCUT2D eigenvalue weighted by Gasteiger charge is -2.36. The van der Waals surface area contributed by atoms with E-state index in [-0.39, 0.29) is 17.0 Å². The van der Waals surface area contributed by atoms with Crippen LogP contribution in [0.5, 0.6) is 0 Å². The molecule has 1 amide bonds. The minimum absolute atomic E-state index is 0.204. The fraction of sp³-hybridized carbons (Fsp3) is 0.457. The molecule has 250 valence electrons. The highest BCUT2D eigenvalue weighted by atomic mass is 35.5. The van der Waals surface area contributed by atoms with E-state index in [0.29, 0.717) is 39.7 Å². The molecule has 3 heterocycles. The van der Waals surface area contributed by atoms with Gasteiger partial charge in [0, 0.05) is 42.3 Å². The second kappa shape index (κ2) is 13.8. The lowest BCUT2D eigenvalue weighted by atomic mass is 9.90. The molecule has 2 aliphatic rings. The monoisotopic (exact) mass is 678 g/mol. The molecule has 1 unspecified atom stereocenters. The molecule has 4 aromatic rings. The number of aromatic nitrogens is 3. The molecule has 1 saturated carbocycles. The van der Waals surface area contributed by atoms with Crippen LogP contribution in [-0.4, -0.2) is 70.7 Å². The number of benzene rings is 2. The maximum atomic E-state index is 13.6. The lowest BCUT2D eigenvalue weighted by Crippen LogP contribution is -2.46. The zero-order chi connectivity index (χ0) is 33.2. The maximum Gasteiger partial charge on any atom is 0.410 e. The first kappa shape index (κ1) is 33.2. The average Bonchev–Trinajstić information content (AvgIpc) is 3.45. The molecule has 1 atom stereocenters. The van der Waals surface area contributed by atoms with Crippen molar-refractivity contribution in [3.8, 4) is 11.3 Å². The van der Waals surface area contributed by atoms with Gasteiger partial charge in [0.2, 0.25) is 5.95 Å². The summed E-state index contributed by atoms with van der Waals surface area (Å²) in [5.41, 5.74) is 1.16. The Morgan fingerprint density at radius 1 is 1.00 bits per heavy atom. The molecule has 0 bridgehead atoms. The molecular weight excluding hydrogens is 636 g/mol. The lowest BCUT2D eigenvalue weighted by molar-refractivity contribution is 0.0164. The highest BCUT2D eigenvalue weighted by molar-refractivity contribution is 7.90. The van der Waals surface area contributed by atoms with Crippen LogP contribution in [0.3, 0.4) is 0 Å². The number of nitrogens with one attached hydrogen (secondary N) is 2. The number of hydrogen-bond acceptors (Lipinski definition) is 8. The Hall–Kier alpha value is -3.67. The van der Waals surface area contributed by atoms with Gasteiger partial charge in [0.1, 0.15) is 5.60 Å². The van der Waals surface area contributed by atoms with Crippen LogP contribution < -0.4 is 10.6 Å². The van der Waals surface area contributed by atoms with E-state index < -0.39 is 15.6 Å². The fourth-order valence-electron chi connectivity index (χ4n) is 6.55. The maximum absolute atomic E-state index is 13.6. The number of rotatable bonds is 8. The molecule has 1 saturated heterocycles. The van der Waals surface area contributed by atoms with Gasteiger partial charge in [-0.05, 0) is 90.0 Å². The van der Waals surface area contributed by atoms with Crippen LogP contribution >= 0.6 is 11.6 Å². The molecular formula is C35H43ClN6O4S. The summed E-state index contributed by atoms with van der Waals surface area (Å²) in [5.74, 6) is 0.884. The van der Waals surface area contributed by atoms with Gasteiger partial charge in [-0.1, -0.05) is 48.0 Å². The number of ether oxygens (including phenoxy) is 1. The van der Waals surface area contributed by atoms with Gasteiger partial charge in [0.05, 0.1) is 27.3 Å². The number of para-hydroxylation sites is 1. The molecule has 1 aliphatic carbocycles. The SMILES string of the molecule is CC(C)(C)OC(=O)N1CCCC(CN[C@H]2CC[C@H](Nc3ncc(Cl)c(-c4cn(S(=O)(=O)c5ccccc5)c5ccccc45)n3)CC2)C1. The van der Waals surface area contributed by atoms with Crippen molar-refractivity contribution in [1.82, 2.24) is 24.2 Å². The molecule has 12 heteroatoms. The van der Waals surface area contributed by atoms with Crippen molar-refractivity contribution in [1.29, 1.82) is 0 Å². The molecule has 2 N–H and O–H groups in total. The van der Waals surface area contributed by atoms with E-state index in [1.807, 2.05) is 43.9 Å². The summed E-state index contributed by atoms with van der Waals surface area (Å²) in [5, 5.41) is 8.34. The first-order chi connectivity index (χ1) is 22.5. The first-order valence-electron chi connectivity index (χ1n) is 16.4. The Kier molecular flexibility index (Phi) is 9.77. The van der Waals surface area contributed by atoms with E-state index in [1.165, 1.54) is 3.97 Å². The smallest absolute Gasteiger partial charge is 0.410 e. The standard InChI is InChI=1S/C35H43ClN6O4S/c1-35(2,3)46-34(43)41-19-9-10-24(22-41)20-37-25-15-17-26(18-16-25)39-33-38-21-30(36)32(40-33)29-23-42(31-14-8-7-13-28(29)31)47(44,45)27-11-5-4-6-12-27/h4-8,11-14,21,23-26,37H,9-10,15-20,22H2,1-3H3,(H,38,39,40)/t24?,25-,26-. The van der Waals surface area contributed by atoms with Crippen molar-refractivity contribution in [3.05, 3.63) is 72.0 Å². The van der Waals surface area contributed by atoms with Crippen LogP contribution in [0.15, 0.2) is 71.9 Å². The van der Waals surface area contributed by atoms with Crippen LogP contribution in [0.2, 0.25) is 5.02 Å². The van der Waals surface area contributed by atoms with Crippen LogP contribution in [-0.2, 0) is 14.8 Å². The van der Waals surface area contributed by atoms with E-state index in [4.69, 9.17) is 21.3 Å². The van der Waals surface area contributed by atoms with Crippen molar-refractivity contribution in [2.75, 3.05) is 25.0 Å². The zero-order valence-corrected chi connectivity index (χ0v) is 28.7. The highest BCUT2D eigenvalue weighted by Gasteiger charge is 2.29. The molecule has 2 aromatic heterocycles. The number of likely N-dealkylation sites (tertiary alicyclic amines) is 1. The molecule has 10 nitrogen and oxygen atoms in total. The third-order valence-electron chi connectivity index (χ3n) is 8.90. The fourth-order valence-corrected chi connectivity index (χ4v) is 8.13. The Morgan fingerprint density at radius 2 is 1.70 bits per heavy atom. The number of carbonyl (C=O) groups is 1. The van der Waals surface area contributed by atoms with Crippen molar-refractivity contribution in [2.24, 2.45) is 5.92 Å². The van der Waals surface area contributed by atoms with Crippen molar-refractivity contribution < 1.29 is 17.9 Å². The molecule has 0 radical (unpaired) electrons. The number of hydrogen-bond donors (Lipinski definition) is 2. The summed E-state index contributed by atoms with van der Waals surface area (Å²) >= 11 is 6.64. The van der Waals surface area contributed by atoms with E-state index in [1.54, 1.807) is 48.8 Å². The van der Waals surface area contributed by atoms with Gasteiger partial charge in [0.25, 0.3) is 10.0 Å². The number of nitrogens with zero attached hydrogens (tertiary/aromatic N) is 4. The second-order valence-electron chi connectivity index (χ2n) is 13.6. The van der Waals surface area contributed by atoms with E-state index >= 15 is 0 Å². The van der Waals surface area contributed by atoms with E-state index in [9.17, 15) is 13.2 Å². The Balaban J connectivity index is 1.09. The van der Waals surface area contributed by atoms with Crippen LogP contribution in [0.25, 0.3) is 22.2 Å². The van der Waals surface area contributed by atoms with Gasteiger partial charge >= 0.3 is 6.09 Å². The van der Waals surface area contributed by atoms with Gasteiger partial charge in [-0.15, -0.1) is 0 Å². The zero-order valence-electron chi connectivity index (χ0n) is 27.2. The van der Waals surface area contributed by atoms with Crippen LogP contribution in [0.1, 0.15) is 59.3 Å². The highest BCUT2D eigenvalue weighted by Crippen LogP contribution is 2.36. The number of amides is 1. The van der Waals surface area contributed by atoms with Gasteiger partial charge in [-0.3, -0.25) is 0 Å². The minimum atomic E-state index is -3.84. The summed E-state index contributed by atoms with van der Waals surface area (Å²) in [6.07, 6.45) is 9.01. The Morgan fingerprint density at radius 3 is 2.45 bits per heavy atom. The van der Waals surface area contributed by atoms with Gasteiger partial charge < -0.3 is 20.3 Å². The third kappa shape index (κ3) is 7.74. The van der Waals surface area contributed by atoms with Gasteiger partial charge in [0.15, 0.2) is 0 Å². The van der Waals surface area contributed by atoms with Gasteiger partial charge in [-0.2, -0.15) is 0 Å². The summed E-state index contributed by atoms with van der Waals surface area (Å²) in [7, 11) is -3.84. The van der Waals surface area contributed by atoms with Crippen molar-refractivity contribution in [2.45, 2.75) is 81.9 Å². The van der Waals surface area contributed by atoms with Crippen LogP contribution in [0, 0.1) is 5.92 Å². The summed E-state index contributed by atoms with van der Waals surface area (Å²) < 4.78 is 34.1. The molecule has 6 rings (SSSR count). The average molecular weight is 679 g/mol. The number of fused-ring (bicyclic) bond motifs is 1. The second-order valence-corrected chi connectivity index (χ2v) is 15.8. The topological polar surface area (TPSA) is 118 Å². The molecule has 47 heavy (non-hydrogen) atoms. The summed E-state index contributed by atoms with van der Waals surface area (Å²) in [6.45, 7) is 8.08. The number of carbonyl (C=O) groups excluding carboxylic acids is 1. The predicted molar refractivity (Wildman–Crippen MR) is 185 cm³/mol. The Labute approximate surface area is 281 Å². The first-order valence-corrected chi connectivity index (χ1v) is 18.2. The third-order valence-corrected chi connectivity index (χ3v) is 10.9. The van der Waals surface area contributed by atoms with E-state index in [2.05, 4.69) is 15.6 Å². The Bertz CT molecular complexity index is 1820. The van der Waals surface area contributed by atoms with Crippen LogP contribution in [0.4, 0.5) is 10.7 Å². The molecule has 0 spiro atoms. The largest absolute Gasteiger partial charge is 0.444 e. The predicted octanol–water partition coefficient (Wildman–Crippen LogP) is 6.95. The molecule has 2 fully saturated rings. The molecule has 2 aromatic carbocycles.